The zero-order valence-corrected chi connectivity index (χ0v) is 17.6. The van der Waals surface area contributed by atoms with E-state index in [1.807, 2.05) is 43.3 Å². The van der Waals surface area contributed by atoms with Crippen molar-refractivity contribution >= 4 is 11.0 Å². The minimum Gasteiger partial charge on any atom is -0.489 e. The molecule has 3 nitrogen and oxygen atoms in total. The molecule has 3 aromatic rings. The number of fused-ring (bicyclic) bond motifs is 1. The van der Waals surface area contributed by atoms with E-state index in [0.717, 1.165) is 18.4 Å². The van der Waals surface area contributed by atoms with Gasteiger partial charge in [-0.25, -0.2) is 0 Å². The molecule has 0 radical (unpaired) electrons. The van der Waals surface area contributed by atoms with Gasteiger partial charge in [0.15, 0.2) is 0 Å². The fourth-order valence-corrected chi connectivity index (χ4v) is 3.28. The van der Waals surface area contributed by atoms with E-state index in [4.69, 9.17) is 9.15 Å². The normalized spacial score (nSPS) is 11.5. The number of allylic oxidation sites excluding steroid dienone is 3. The summed E-state index contributed by atoms with van der Waals surface area (Å²) in [5, 5.41) is 0.565. The van der Waals surface area contributed by atoms with Crippen LogP contribution in [0.5, 0.6) is 5.75 Å². The van der Waals surface area contributed by atoms with Crippen molar-refractivity contribution in [2.75, 3.05) is 6.61 Å². The summed E-state index contributed by atoms with van der Waals surface area (Å²) in [4.78, 5) is 13.0. The number of hydrogen-bond donors (Lipinski definition) is 0. The van der Waals surface area contributed by atoms with Gasteiger partial charge in [0, 0.05) is 6.07 Å². The van der Waals surface area contributed by atoms with Gasteiger partial charge in [-0.1, -0.05) is 47.6 Å². The largest absolute Gasteiger partial charge is 0.489 e. The second-order valence-corrected chi connectivity index (χ2v) is 7.57. The molecular formula is C26H28O3. The fraction of sp³-hybridized carbons (Fsp3) is 0.269. The number of ether oxygens (including phenoxy) is 1. The molecule has 0 aliphatic rings. The highest BCUT2D eigenvalue weighted by molar-refractivity contribution is 5.83. The Kier molecular flexibility index (Phi) is 6.71. The van der Waals surface area contributed by atoms with Crippen molar-refractivity contribution in [2.24, 2.45) is 0 Å². The first-order valence-electron chi connectivity index (χ1n) is 10.0. The van der Waals surface area contributed by atoms with Crippen LogP contribution in [0.25, 0.3) is 22.1 Å². The van der Waals surface area contributed by atoms with Crippen molar-refractivity contribution in [1.82, 2.24) is 0 Å². The number of rotatable bonds is 7. The van der Waals surface area contributed by atoms with E-state index in [2.05, 4.69) is 32.9 Å². The maximum Gasteiger partial charge on any atom is 0.200 e. The van der Waals surface area contributed by atoms with Crippen molar-refractivity contribution in [2.45, 2.75) is 40.5 Å². The number of aryl methyl sites for hydroxylation is 1. The maximum absolute atomic E-state index is 13.0. The minimum atomic E-state index is -0.0171. The lowest BCUT2D eigenvalue weighted by molar-refractivity contribution is 0.361. The summed E-state index contributed by atoms with van der Waals surface area (Å²) in [5.41, 5.74) is 4.66. The summed E-state index contributed by atoms with van der Waals surface area (Å²) in [5.74, 6) is 1.31. The molecule has 29 heavy (non-hydrogen) atoms. The van der Waals surface area contributed by atoms with Gasteiger partial charge >= 0.3 is 0 Å². The van der Waals surface area contributed by atoms with Crippen molar-refractivity contribution in [3.63, 3.8) is 0 Å². The molecule has 0 aliphatic heterocycles. The van der Waals surface area contributed by atoms with Crippen LogP contribution in [0.1, 0.15) is 39.4 Å². The van der Waals surface area contributed by atoms with Crippen LogP contribution < -0.4 is 10.2 Å². The van der Waals surface area contributed by atoms with Crippen LogP contribution in [0.15, 0.2) is 81.0 Å². The van der Waals surface area contributed by atoms with Crippen LogP contribution in [0.2, 0.25) is 0 Å². The van der Waals surface area contributed by atoms with Gasteiger partial charge in [-0.2, -0.15) is 0 Å². The molecule has 0 unspecified atom stereocenters. The highest BCUT2D eigenvalue weighted by atomic mass is 16.5. The van der Waals surface area contributed by atoms with Gasteiger partial charge in [-0.15, -0.1) is 0 Å². The maximum atomic E-state index is 13.0. The number of hydrogen-bond acceptors (Lipinski definition) is 3. The second-order valence-electron chi connectivity index (χ2n) is 7.57. The van der Waals surface area contributed by atoms with Crippen molar-refractivity contribution in [3.05, 3.63) is 87.8 Å². The predicted molar refractivity (Wildman–Crippen MR) is 121 cm³/mol. The molecule has 0 atom stereocenters. The van der Waals surface area contributed by atoms with Gasteiger partial charge < -0.3 is 9.15 Å². The molecule has 0 amide bonds. The zero-order valence-electron chi connectivity index (χ0n) is 17.6. The zero-order chi connectivity index (χ0) is 20.8. The third-order valence-corrected chi connectivity index (χ3v) is 4.88. The molecule has 0 fully saturated rings. The van der Waals surface area contributed by atoms with Gasteiger partial charge in [0.1, 0.15) is 23.7 Å². The Balaban J connectivity index is 1.77. The Hall–Kier alpha value is -3.07. The lowest BCUT2D eigenvalue weighted by Gasteiger charge is -2.09. The second kappa shape index (κ2) is 9.42. The molecule has 0 aliphatic carbocycles. The molecule has 1 aromatic heterocycles. The van der Waals surface area contributed by atoms with Crippen LogP contribution in [0.4, 0.5) is 0 Å². The molecule has 0 spiro atoms. The minimum absolute atomic E-state index is 0.0171. The topological polar surface area (TPSA) is 39.4 Å². The van der Waals surface area contributed by atoms with Gasteiger partial charge in [-0.3, -0.25) is 4.79 Å². The number of benzene rings is 2. The molecule has 0 saturated heterocycles. The molecule has 0 N–H and O–H groups in total. The van der Waals surface area contributed by atoms with E-state index in [0.29, 0.717) is 34.6 Å². The van der Waals surface area contributed by atoms with Crippen LogP contribution in [-0.4, -0.2) is 6.61 Å². The third kappa shape index (κ3) is 5.26. The summed E-state index contributed by atoms with van der Waals surface area (Å²) in [7, 11) is 0. The highest BCUT2D eigenvalue weighted by Gasteiger charge is 2.13. The first kappa shape index (κ1) is 20.7. The SMILES string of the molecule is CC(C)=CCC/C(C)=C/COc1ccc2c(=O)c(-c3ccccc3)c(C)oc2c1. The molecule has 150 valence electrons. The summed E-state index contributed by atoms with van der Waals surface area (Å²) < 4.78 is 11.8. The summed E-state index contributed by atoms with van der Waals surface area (Å²) in [6.45, 7) is 8.68. The fourth-order valence-electron chi connectivity index (χ4n) is 3.28. The standard InChI is InChI=1S/C26H28O3/c1-18(2)9-8-10-19(3)15-16-28-22-13-14-23-24(17-22)29-20(4)25(26(23)27)21-11-6-5-7-12-21/h5-7,9,11-15,17H,8,10,16H2,1-4H3/b19-15+. The van der Waals surface area contributed by atoms with Crippen LogP contribution >= 0.6 is 0 Å². The Morgan fingerprint density at radius 1 is 1.03 bits per heavy atom. The molecule has 2 aromatic carbocycles. The Labute approximate surface area is 172 Å². The molecule has 0 saturated carbocycles. The lowest BCUT2D eigenvalue weighted by Crippen LogP contribution is -2.07. The summed E-state index contributed by atoms with van der Waals surface area (Å²) in [6.07, 6.45) is 6.43. The first-order valence-corrected chi connectivity index (χ1v) is 10.0. The molecule has 0 bridgehead atoms. The van der Waals surface area contributed by atoms with Gasteiger partial charge in [0.05, 0.1) is 10.9 Å². The molecular weight excluding hydrogens is 360 g/mol. The average Bonchev–Trinajstić information content (AvgIpc) is 2.68. The van der Waals surface area contributed by atoms with E-state index in [1.165, 1.54) is 11.1 Å². The van der Waals surface area contributed by atoms with E-state index in [-0.39, 0.29) is 5.43 Å². The Morgan fingerprint density at radius 2 is 1.79 bits per heavy atom. The summed E-state index contributed by atoms with van der Waals surface area (Å²) in [6, 6.07) is 15.0. The highest BCUT2D eigenvalue weighted by Crippen LogP contribution is 2.26. The summed E-state index contributed by atoms with van der Waals surface area (Å²) >= 11 is 0. The van der Waals surface area contributed by atoms with E-state index >= 15 is 0 Å². The quantitative estimate of drug-likeness (QED) is 0.416. The predicted octanol–water partition coefficient (Wildman–Crippen LogP) is 6.84. The Bertz CT molecular complexity index is 1100. The van der Waals surface area contributed by atoms with Crippen molar-refractivity contribution < 1.29 is 9.15 Å². The van der Waals surface area contributed by atoms with E-state index in [9.17, 15) is 4.79 Å². The molecule has 3 rings (SSSR count). The van der Waals surface area contributed by atoms with Crippen molar-refractivity contribution in [3.8, 4) is 16.9 Å². The van der Waals surface area contributed by atoms with Crippen LogP contribution in [0, 0.1) is 6.92 Å². The Morgan fingerprint density at radius 3 is 2.52 bits per heavy atom. The monoisotopic (exact) mass is 388 g/mol. The third-order valence-electron chi connectivity index (χ3n) is 4.88. The first-order chi connectivity index (χ1) is 14.0. The molecule has 1 heterocycles. The van der Waals surface area contributed by atoms with Gasteiger partial charge in [-0.05, 0) is 64.3 Å². The van der Waals surface area contributed by atoms with E-state index in [1.54, 1.807) is 12.1 Å². The van der Waals surface area contributed by atoms with Crippen molar-refractivity contribution in [1.29, 1.82) is 0 Å². The van der Waals surface area contributed by atoms with Crippen LogP contribution in [-0.2, 0) is 0 Å². The smallest absolute Gasteiger partial charge is 0.200 e. The van der Waals surface area contributed by atoms with Crippen LogP contribution in [0.3, 0.4) is 0 Å². The lowest BCUT2D eigenvalue weighted by atomic mass is 10.0. The average molecular weight is 389 g/mol. The van der Waals surface area contributed by atoms with E-state index < -0.39 is 0 Å². The van der Waals surface area contributed by atoms with Gasteiger partial charge in [0.2, 0.25) is 5.43 Å². The molecule has 3 heteroatoms. The van der Waals surface area contributed by atoms with Gasteiger partial charge in [0.25, 0.3) is 0 Å².